The van der Waals surface area contributed by atoms with Crippen molar-refractivity contribution in [1.82, 2.24) is 9.88 Å². The van der Waals surface area contributed by atoms with Crippen molar-refractivity contribution in [2.24, 2.45) is 11.8 Å². The van der Waals surface area contributed by atoms with E-state index in [4.69, 9.17) is 4.74 Å². The lowest BCUT2D eigenvalue weighted by atomic mass is 9.73. The molecule has 3 aliphatic heterocycles. The van der Waals surface area contributed by atoms with Crippen LogP contribution in [0.1, 0.15) is 38.4 Å². The molecule has 4 heterocycles. The third kappa shape index (κ3) is 3.12. The Kier molecular flexibility index (Phi) is 4.72. The molecular formula is C22H28N2O2. The van der Waals surface area contributed by atoms with E-state index in [1.165, 1.54) is 6.42 Å². The third-order valence-corrected chi connectivity index (χ3v) is 5.96. The predicted molar refractivity (Wildman–Crippen MR) is 104 cm³/mol. The summed E-state index contributed by atoms with van der Waals surface area (Å²) in [6.45, 7) is 10.1. The fourth-order valence-corrected chi connectivity index (χ4v) is 4.66. The number of ether oxygens (including phenoxy) is 1. The first-order chi connectivity index (χ1) is 12.6. The van der Waals surface area contributed by atoms with Gasteiger partial charge in [-0.1, -0.05) is 6.08 Å². The molecule has 5 rings (SSSR count). The molecule has 3 saturated heterocycles. The molecule has 0 radical (unpaired) electrons. The van der Waals surface area contributed by atoms with Crippen molar-refractivity contribution in [2.45, 2.75) is 44.9 Å². The van der Waals surface area contributed by atoms with Crippen LogP contribution in [0.4, 0.5) is 0 Å². The number of pyridine rings is 1. The molecule has 1 aromatic carbocycles. The molecule has 4 nitrogen and oxygen atoms in total. The third-order valence-electron chi connectivity index (χ3n) is 5.96. The SMILES string of the molecule is C=C[C@H]1CN2CC[C@H]1C[C@@H]2[C@H](O)c1ccnc2ccc(OC(C)C)cc12. The Hall–Kier alpha value is -1.91. The Morgan fingerprint density at radius 1 is 1.35 bits per heavy atom. The maximum atomic E-state index is 11.3. The van der Waals surface area contributed by atoms with E-state index >= 15 is 0 Å². The lowest BCUT2D eigenvalue weighted by Crippen LogP contribution is -2.54. The van der Waals surface area contributed by atoms with E-state index in [0.29, 0.717) is 11.8 Å². The van der Waals surface area contributed by atoms with Crippen molar-refractivity contribution in [3.63, 3.8) is 0 Å². The number of aliphatic hydroxyl groups is 1. The Labute approximate surface area is 155 Å². The maximum absolute atomic E-state index is 11.3. The number of hydrogen-bond acceptors (Lipinski definition) is 4. The Morgan fingerprint density at radius 3 is 2.88 bits per heavy atom. The van der Waals surface area contributed by atoms with Crippen LogP contribution in [0.5, 0.6) is 5.75 Å². The molecule has 2 aromatic rings. The van der Waals surface area contributed by atoms with Crippen molar-refractivity contribution in [3.05, 3.63) is 48.7 Å². The molecule has 4 heteroatoms. The topological polar surface area (TPSA) is 45.6 Å². The minimum absolute atomic E-state index is 0.119. The van der Waals surface area contributed by atoms with Gasteiger partial charge in [0.05, 0.1) is 17.7 Å². The molecular weight excluding hydrogens is 324 g/mol. The zero-order valence-corrected chi connectivity index (χ0v) is 15.6. The van der Waals surface area contributed by atoms with Crippen molar-refractivity contribution < 1.29 is 9.84 Å². The minimum Gasteiger partial charge on any atom is -0.491 e. The van der Waals surface area contributed by atoms with Gasteiger partial charge in [-0.25, -0.2) is 0 Å². The first-order valence-electron chi connectivity index (χ1n) is 9.67. The molecule has 0 spiro atoms. The van der Waals surface area contributed by atoms with E-state index in [1.807, 2.05) is 38.1 Å². The number of nitrogens with zero attached hydrogens (tertiary/aromatic N) is 2. The average Bonchev–Trinajstić information content (AvgIpc) is 2.66. The van der Waals surface area contributed by atoms with Gasteiger partial charge in [0.15, 0.2) is 0 Å². The van der Waals surface area contributed by atoms with Gasteiger partial charge in [0, 0.05) is 24.2 Å². The van der Waals surface area contributed by atoms with E-state index < -0.39 is 6.10 Å². The van der Waals surface area contributed by atoms with Crippen molar-refractivity contribution in [1.29, 1.82) is 0 Å². The minimum atomic E-state index is -0.511. The smallest absolute Gasteiger partial charge is 0.120 e. The second-order valence-electron chi connectivity index (χ2n) is 7.94. The van der Waals surface area contributed by atoms with Crippen LogP contribution in [0.2, 0.25) is 0 Å². The summed E-state index contributed by atoms with van der Waals surface area (Å²) in [5.74, 6) is 2.03. The summed E-state index contributed by atoms with van der Waals surface area (Å²) in [5.41, 5.74) is 1.86. The summed E-state index contributed by atoms with van der Waals surface area (Å²) in [5, 5.41) is 12.2. The van der Waals surface area contributed by atoms with Crippen LogP contribution in [0.3, 0.4) is 0 Å². The summed E-state index contributed by atoms with van der Waals surface area (Å²) < 4.78 is 5.85. The lowest BCUT2D eigenvalue weighted by Gasteiger charge is -2.50. The molecule has 5 atom stereocenters. The molecule has 1 aromatic heterocycles. The molecule has 1 N–H and O–H groups in total. The summed E-state index contributed by atoms with van der Waals surface area (Å²) in [7, 11) is 0. The highest BCUT2D eigenvalue weighted by Crippen LogP contribution is 2.42. The Morgan fingerprint density at radius 2 is 2.19 bits per heavy atom. The fraction of sp³-hybridized carbons (Fsp3) is 0.500. The summed E-state index contributed by atoms with van der Waals surface area (Å²) >= 11 is 0. The van der Waals surface area contributed by atoms with E-state index in [0.717, 1.165) is 41.7 Å². The van der Waals surface area contributed by atoms with Gasteiger partial charge in [-0.05, 0) is 74.9 Å². The van der Waals surface area contributed by atoms with Crippen LogP contribution in [0.15, 0.2) is 43.1 Å². The van der Waals surface area contributed by atoms with E-state index in [1.54, 1.807) is 6.20 Å². The van der Waals surface area contributed by atoms with Gasteiger partial charge in [0.2, 0.25) is 0 Å². The molecule has 3 aliphatic rings. The summed E-state index contributed by atoms with van der Waals surface area (Å²) in [6.07, 6.45) is 5.74. The van der Waals surface area contributed by atoms with Crippen molar-refractivity contribution in [3.8, 4) is 5.75 Å². The number of fused-ring (bicyclic) bond motifs is 4. The predicted octanol–water partition coefficient (Wildman–Crippen LogP) is 3.95. The standard InChI is InChI=1S/C22H28N2O2/c1-4-15-13-24-10-8-16(15)11-21(24)22(25)18-7-9-23-20-6-5-17(12-19(18)20)26-14(2)3/h4-7,9,12,14-16,21-22,25H,1,8,10-11,13H2,2-3H3/t15-,16-,21+,22+/m0/s1. The number of benzene rings is 1. The van der Waals surface area contributed by atoms with Gasteiger partial charge < -0.3 is 9.84 Å². The number of aliphatic hydroxyl groups excluding tert-OH is 1. The summed E-state index contributed by atoms with van der Waals surface area (Å²) in [6, 6.07) is 8.08. The quantitative estimate of drug-likeness (QED) is 0.828. The normalized spacial score (nSPS) is 29.1. The number of hydrogen-bond donors (Lipinski definition) is 1. The Bertz CT molecular complexity index is 804. The van der Waals surface area contributed by atoms with Crippen LogP contribution in [-0.2, 0) is 0 Å². The van der Waals surface area contributed by atoms with Crippen LogP contribution in [-0.4, -0.2) is 40.2 Å². The van der Waals surface area contributed by atoms with E-state index in [2.05, 4.69) is 22.5 Å². The van der Waals surface area contributed by atoms with Gasteiger partial charge in [0.25, 0.3) is 0 Å². The zero-order valence-electron chi connectivity index (χ0n) is 15.6. The first kappa shape index (κ1) is 17.5. The highest BCUT2D eigenvalue weighted by Gasteiger charge is 2.42. The number of piperidine rings is 3. The molecule has 138 valence electrons. The fourth-order valence-electron chi connectivity index (χ4n) is 4.66. The van der Waals surface area contributed by atoms with Crippen molar-refractivity contribution >= 4 is 10.9 Å². The number of aromatic nitrogens is 1. The highest BCUT2D eigenvalue weighted by atomic mass is 16.5. The average molecular weight is 352 g/mol. The summed E-state index contributed by atoms with van der Waals surface area (Å²) in [4.78, 5) is 6.91. The van der Waals surface area contributed by atoms with Crippen LogP contribution in [0, 0.1) is 11.8 Å². The van der Waals surface area contributed by atoms with Gasteiger partial charge in [-0.2, -0.15) is 0 Å². The van der Waals surface area contributed by atoms with E-state index in [9.17, 15) is 5.11 Å². The van der Waals surface area contributed by atoms with Gasteiger partial charge >= 0.3 is 0 Å². The lowest BCUT2D eigenvalue weighted by molar-refractivity contribution is -0.0444. The highest BCUT2D eigenvalue weighted by molar-refractivity contribution is 5.84. The molecule has 0 aliphatic carbocycles. The molecule has 1 unspecified atom stereocenters. The van der Waals surface area contributed by atoms with Crippen LogP contribution >= 0.6 is 0 Å². The molecule has 2 bridgehead atoms. The zero-order chi connectivity index (χ0) is 18.3. The second-order valence-corrected chi connectivity index (χ2v) is 7.94. The number of rotatable bonds is 5. The monoisotopic (exact) mass is 352 g/mol. The van der Waals surface area contributed by atoms with Gasteiger partial charge in [-0.3, -0.25) is 9.88 Å². The maximum Gasteiger partial charge on any atom is 0.120 e. The Balaban J connectivity index is 1.66. The van der Waals surface area contributed by atoms with Gasteiger partial charge in [-0.15, -0.1) is 6.58 Å². The molecule has 0 saturated carbocycles. The van der Waals surface area contributed by atoms with E-state index in [-0.39, 0.29) is 12.1 Å². The second kappa shape index (κ2) is 7.01. The molecule has 26 heavy (non-hydrogen) atoms. The molecule has 3 fully saturated rings. The van der Waals surface area contributed by atoms with Crippen LogP contribution in [0.25, 0.3) is 10.9 Å². The first-order valence-corrected chi connectivity index (χ1v) is 9.67. The largest absolute Gasteiger partial charge is 0.491 e. The van der Waals surface area contributed by atoms with Gasteiger partial charge in [0.1, 0.15) is 5.75 Å². The van der Waals surface area contributed by atoms with Crippen molar-refractivity contribution in [2.75, 3.05) is 13.1 Å². The van der Waals surface area contributed by atoms with Crippen LogP contribution < -0.4 is 4.74 Å². The molecule has 0 amide bonds.